The number of likely N-dealkylation sites (tertiary alicyclic amines) is 1. The Morgan fingerprint density at radius 2 is 2.28 bits per heavy atom. The molecule has 3 rings (SSSR count). The van der Waals surface area contributed by atoms with E-state index in [0.717, 1.165) is 25.8 Å². The van der Waals surface area contributed by atoms with Gasteiger partial charge in [0.05, 0.1) is 0 Å². The van der Waals surface area contributed by atoms with E-state index in [0.29, 0.717) is 24.7 Å². The van der Waals surface area contributed by atoms with Crippen LogP contribution >= 0.6 is 0 Å². The van der Waals surface area contributed by atoms with E-state index < -0.39 is 5.82 Å². The van der Waals surface area contributed by atoms with Gasteiger partial charge in [-0.1, -0.05) is 24.2 Å². The average Bonchev–Trinajstić information content (AvgIpc) is 3.10. The summed E-state index contributed by atoms with van der Waals surface area (Å²) in [4.78, 5) is 18.3. The lowest BCUT2D eigenvalue weighted by Crippen LogP contribution is -2.39. The zero-order valence-corrected chi connectivity index (χ0v) is 14.3. The van der Waals surface area contributed by atoms with Crippen LogP contribution in [0.1, 0.15) is 50.2 Å². The largest absolute Gasteiger partial charge is 0.481 e. The smallest absolute Gasteiger partial charge is 0.264 e. The van der Waals surface area contributed by atoms with Crippen LogP contribution in [0.25, 0.3) is 0 Å². The molecular weight excluding hydrogens is 325 g/mol. The van der Waals surface area contributed by atoms with Crippen molar-refractivity contribution in [3.8, 4) is 5.75 Å². The summed E-state index contributed by atoms with van der Waals surface area (Å²) in [7, 11) is 0. The van der Waals surface area contributed by atoms with E-state index in [9.17, 15) is 9.18 Å². The minimum absolute atomic E-state index is 0.0130. The number of amides is 1. The van der Waals surface area contributed by atoms with Gasteiger partial charge in [-0.15, -0.1) is 0 Å². The zero-order chi connectivity index (χ0) is 17.6. The minimum Gasteiger partial charge on any atom is -0.481 e. The van der Waals surface area contributed by atoms with Crippen molar-refractivity contribution >= 4 is 5.91 Å². The number of hydrogen-bond donors (Lipinski definition) is 0. The number of aromatic nitrogens is 2. The van der Waals surface area contributed by atoms with Crippen molar-refractivity contribution in [2.24, 2.45) is 0 Å². The molecule has 2 heterocycles. The maximum atomic E-state index is 13.5. The first-order chi connectivity index (χ1) is 12.2. The van der Waals surface area contributed by atoms with Crippen LogP contribution in [0.2, 0.25) is 0 Å². The number of piperidine rings is 1. The molecule has 1 unspecified atom stereocenters. The SMILES string of the molecule is CCCC(=O)N1CCCC(c2noc(COc3ccccc3F)n2)C1. The summed E-state index contributed by atoms with van der Waals surface area (Å²) in [5.74, 6) is 0.853. The first-order valence-corrected chi connectivity index (χ1v) is 8.65. The Balaban J connectivity index is 1.59. The molecule has 0 spiro atoms. The molecule has 1 aliphatic heterocycles. The predicted molar refractivity (Wildman–Crippen MR) is 88.5 cm³/mol. The molecule has 6 nitrogen and oxygen atoms in total. The molecular formula is C18H22FN3O3. The van der Waals surface area contributed by atoms with Gasteiger partial charge in [0.25, 0.3) is 5.89 Å². The van der Waals surface area contributed by atoms with Gasteiger partial charge in [-0.05, 0) is 31.4 Å². The van der Waals surface area contributed by atoms with Crippen LogP contribution in [0, 0.1) is 5.82 Å². The molecule has 1 fully saturated rings. The third-order valence-electron chi connectivity index (χ3n) is 4.27. The van der Waals surface area contributed by atoms with Crippen molar-refractivity contribution in [3.63, 3.8) is 0 Å². The molecule has 7 heteroatoms. The first kappa shape index (κ1) is 17.4. The topological polar surface area (TPSA) is 68.5 Å². The molecule has 0 bridgehead atoms. The normalized spacial score (nSPS) is 17.5. The van der Waals surface area contributed by atoms with E-state index in [1.54, 1.807) is 18.2 Å². The van der Waals surface area contributed by atoms with E-state index in [1.165, 1.54) is 6.07 Å². The van der Waals surface area contributed by atoms with Crippen molar-refractivity contribution in [3.05, 3.63) is 41.8 Å². The first-order valence-electron chi connectivity index (χ1n) is 8.65. The second-order valence-corrected chi connectivity index (χ2v) is 6.19. The molecule has 0 aliphatic carbocycles. The molecule has 1 aliphatic rings. The average molecular weight is 347 g/mol. The highest BCUT2D eigenvalue weighted by atomic mass is 19.1. The lowest BCUT2D eigenvalue weighted by Gasteiger charge is -2.31. The summed E-state index contributed by atoms with van der Waals surface area (Å²) in [6.07, 6.45) is 3.26. The number of para-hydroxylation sites is 1. The maximum absolute atomic E-state index is 13.5. The van der Waals surface area contributed by atoms with Crippen LogP contribution in [0.5, 0.6) is 5.75 Å². The maximum Gasteiger partial charge on any atom is 0.264 e. The fourth-order valence-corrected chi connectivity index (χ4v) is 2.98. The van der Waals surface area contributed by atoms with Crippen LogP contribution in [-0.4, -0.2) is 34.0 Å². The number of nitrogens with zero attached hydrogens (tertiary/aromatic N) is 3. The summed E-state index contributed by atoms with van der Waals surface area (Å²) in [6.45, 7) is 3.42. The Labute approximate surface area is 146 Å². The van der Waals surface area contributed by atoms with Gasteiger partial charge in [0.2, 0.25) is 5.91 Å². The molecule has 0 radical (unpaired) electrons. The Kier molecular flexibility index (Phi) is 5.63. The van der Waals surface area contributed by atoms with Crippen LogP contribution in [0.15, 0.2) is 28.8 Å². The predicted octanol–water partition coefficient (Wildman–Crippen LogP) is 3.29. The van der Waals surface area contributed by atoms with E-state index in [-0.39, 0.29) is 24.2 Å². The number of carbonyl (C=O) groups excluding carboxylic acids is 1. The van der Waals surface area contributed by atoms with Crippen molar-refractivity contribution in [1.82, 2.24) is 15.0 Å². The van der Waals surface area contributed by atoms with Gasteiger partial charge in [0.15, 0.2) is 24.0 Å². The highest BCUT2D eigenvalue weighted by Crippen LogP contribution is 2.26. The Morgan fingerprint density at radius 1 is 1.44 bits per heavy atom. The molecule has 1 amide bonds. The molecule has 2 aromatic rings. The van der Waals surface area contributed by atoms with Crippen LogP contribution in [0.3, 0.4) is 0 Å². The van der Waals surface area contributed by atoms with Gasteiger partial charge < -0.3 is 14.2 Å². The van der Waals surface area contributed by atoms with Crippen LogP contribution < -0.4 is 4.74 Å². The van der Waals surface area contributed by atoms with Crippen molar-refractivity contribution in [2.45, 2.75) is 45.1 Å². The summed E-state index contributed by atoms with van der Waals surface area (Å²) >= 11 is 0. The number of carbonyl (C=O) groups is 1. The van der Waals surface area contributed by atoms with Crippen LogP contribution in [-0.2, 0) is 11.4 Å². The zero-order valence-electron chi connectivity index (χ0n) is 14.3. The lowest BCUT2D eigenvalue weighted by atomic mass is 9.97. The Hall–Kier alpha value is -2.44. The van der Waals surface area contributed by atoms with E-state index in [4.69, 9.17) is 9.26 Å². The molecule has 134 valence electrons. The van der Waals surface area contributed by atoms with Crippen molar-refractivity contribution < 1.29 is 18.4 Å². The quantitative estimate of drug-likeness (QED) is 0.802. The van der Waals surface area contributed by atoms with E-state index in [2.05, 4.69) is 10.1 Å². The standard InChI is InChI=1S/C18H22FN3O3/c1-2-6-17(23)22-10-5-7-13(11-22)18-20-16(25-21-18)12-24-15-9-4-3-8-14(15)19/h3-4,8-9,13H,2,5-7,10-12H2,1H3. The Morgan fingerprint density at radius 3 is 3.08 bits per heavy atom. The number of benzene rings is 1. The van der Waals surface area contributed by atoms with E-state index in [1.807, 2.05) is 11.8 Å². The molecule has 0 saturated carbocycles. The van der Waals surface area contributed by atoms with Crippen molar-refractivity contribution in [2.75, 3.05) is 13.1 Å². The molecule has 1 saturated heterocycles. The lowest BCUT2D eigenvalue weighted by molar-refractivity contribution is -0.132. The van der Waals surface area contributed by atoms with Gasteiger partial charge in [0.1, 0.15) is 0 Å². The third-order valence-corrected chi connectivity index (χ3v) is 4.27. The molecule has 1 aromatic carbocycles. The van der Waals surface area contributed by atoms with Gasteiger partial charge in [-0.25, -0.2) is 4.39 Å². The van der Waals surface area contributed by atoms with Gasteiger partial charge in [-0.2, -0.15) is 4.98 Å². The van der Waals surface area contributed by atoms with Gasteiger partial charge in [0, 0.05) is 25.4 Å². The summed E-state index contributed by atoms with van der Waals surface area (Å²) in [5, 5.41) is 4.02. The number of rotatable bonds is 6. The highest BCUT2D eigenvalue weighted by Gasteiger charge is 2.27. The van der Waals surface area contributed by atoms with Gasteiger partial charge >= 0.3 is 0 Å². The summed E-state index contributed by atoms with van der Waals surface area (Å²) in [5.41, 5.74) is 0. The molecule has 0 N–H and O–H groups in total. The summed E-state index contributed by atoms with van der Waals surface area (Å²) in [6, 6.07) is 6.17. The highest BCUT2D eigenvalue weighted by molar-refractivity contribution is 5.76. The third kappa shape index (κ3) is 4.35. The fourth-order valence-electron chi connectivity index (χ4n) is 2.98. The molecule has 1 aromatic heterocycles. The monoisotopic (exact) mass is 347 g/mol. The van der Waals surface area contributed by atoms with E-state index >= 15 is 0 Å². The number of ether oxygens (including phenoxy) is 1. The fraction of sp³-hybridized carbons (Fsp3) is 0.500. The Bertz CT molecular complexity index is 719. The van der Waals surface area contributed by atoms with Gasteiger partial charge in [-0.3, -0.25) is 4.79 Å². The minimum atomic E-state index is -0.431. The number of halogens is 1. The number of hydrogen-bond acceptors (Lipinski definition) is 5. The molecule has 1 atom stereocenters. The molecule has 25 heavy (non-hydrogen) atoms. The summed E-state index contributed by atoms with van der Waals surface area (Å²) < 4.78 is 24.1. The van der Waals surface area contributed by atoms with Crippen LogP contribution in [0.4, 0.5) is 4.39 Å². The second kappa shape index (κ2) is 8.09. The second-order valence-electron chi connectivity index (χ2n) is 6.19. The van der Waals surface area contributed by atoms with Crippen molar-refractivity contribution in [1.29, 1.82) is 0 Å².